The molecule has 0 bridgehead atoms. The van der Waals surface area contributed by atoms with Crippen LogP contribution in [0.5, 0.6) is 11.5 Å². The fraction of sp³-hybridized carbons (Fsp3) is 0.500. The molecule has 0 radical (unpaired) electrons. The highest BCUT2D eigenvalue weighted by Crippen LogP contribution is 2.43. The molecule has 1 aliphatic carbocycles. The number of hydrogen-bond acceptors (Lipinski definition) is 2. The van der Waals surface area contributed by atoms with Gasteiger partial charge in [-0.25, -0.2) is 0 Å². The van der Waals surface area contributed by atoms with Gasteiger partial charge in [-0.3, -0.25) is 0 Å². The fourth-order valence-corrected chi connectivity index (χ4v) is 3.35. The first kappa shape index (κ1) is 16.7. The molecule has 2 rings (SSSR count). The van der Waals surface area contributed by atoms with E-state index in [9.17, 15) is 10.2 Å². The minimum atomic E-state index is 0.210. The van der Waals surface area contributed by atoms with Crippen LogP contribution in [0.25, 0.3) is 5.57 Å². The number of phenolic OH excluding ortho intramolecular Hbond substituents is 2. The molecule has 2 heteroatoms. The SMILES string of the molecule is C=C(C)C1=C(c2c(O)cc(CCCCC)cc2O)CCCC1. The third kappa shape index (κ3) is 3.73. The van der Waals surface area contributed by atoms with Gasteiger partial charge in [0.05, 0.1) is 5.56 Å². The topological polar surface area (TPSA) is 40.5 Å². The monoisotopic (exact) mass is 300 g/mol. The Morgan fingerprint density at radius 1 is 1.09 bits per heavy atom. The Labute approximate surface area is 134 Å². The molecule has 0 amide bonds. The molecule has 120 valence electrons. The maximum atomic E-state index is 10.5. The van der Waals surface area contributed by atoms with Crippen LogP contribution in [0.3, 0.4) is 0 Å². The van der Waals surface area contributed by atoms with E-state index in [4.69, 9.17) is 0 Å². The van der Waals surface area contributed by atoms with Gasteiger partial charge in [0.1, 0.15) is 11.5 Å². The molecule has 0 aliphatic heterocycles. The van der Waals surface area contributed by atoms with Gasteiger partial charge in [-0.2, -0.15) is 0 Å². The van der Waals surface area contributed by atoms with Crippen molar-refractivity contribution in [2.24, 2.45) is 0 Å². The average molecular weight is 300 g/mol. The summed E-state index contributed by atoms with van der Waals surface area (Å²) < 4.78 is 0. The molecule has 2 N–H and O–H groups in total. The summed E-state index contributed by atoms with van der Waals surface area (Å²) in [6, 6.07) is 3.64. The van der Waals surface area contributed by atoms with E-state index in [2.05, 4.69) is 13.5 Å². The van der Waals surface area contributed by atoms with Gasteiger partial charge in [-0.05, 0) is 74.3 Å². The second-order valence-electron chi connectivity index (χ2n) is 6.41. The Morgan fingerprint density at radius 2 is 1.73 bits per heavy atom. The molecular weight excluding hydrogens is 272 g/mol. The summed E-state index contributed by atoms with van der Waals surface area (Å²) in [5, 5.41) is 20.9. The van der Waals surface area contributed by atoms with Crippen molar-refractivity contribution in [1.82, 2.24) is 0 Å². The van der Waals surface area contributed by atoms with Gasteiger partial charge in [0.2, 0.25) is 0 Å². The van der Waals surface area contributed by atoms with Gasteiger partial charge >= 0.3 is 0 Å². The normalized spacial score (nSPS) is 15.2. The van der Waals surface area contributed by atoms with Crippen molar-refractivity contribution in [2.45, 2.75) is 65.2 Å². The Bertz CT molecular complexity index is 558. The third-order valence-electron chi connectivity index (χ3n) is 4.51. The summed E-state index contributed by atoms with van der Waals surface area (Å²) in [5.74, 6) is 0.421. The predicted molar refractivity (Wildman–Crippen MR) is 93.2 cm³/mol. The van der Waals surface area contributed by atoms with Crippen molar-refractivity contribution in [3.8, 4) is 11.5 Å². The lowest BCUT2D eigenvalue weighted by Gasteiger charge is -2.22. The molecule has 1 aliphatic rings. The Morgan fingerprint density at radius 3 is 2.32 bits per heavy atom. The van der Waals surface area contributed by atoms with Crippen LogP contribution in [0.4, 0.5) is 0 Å². The van der Waals surface area contributed by atoms with Gasteiger partial charge < -0.3 is 10.2 Å². The molecule has 0 fully saturated rings. The standard InChI is InChI=1S/C20H28O2/c1-4-5-6-9-15-12-18(21)20(19(22)13-15)17-11-8-7-10-16(17)14(2)3/h12-13,21-22H,2,4-11H2,1,3H3. The van der Waals surface area contributed by atoms with E-state index in [1.807, 2.05) is 19.1 Å². The molecule has 0 saturated carbocycles. The van der Waals surface area contributed by atoms with Crippen molar-refractivity contribution in [3.05, 3.63) is 41.0 Å². The molecule has 0 atom stereocenters. The van der Waals surface area contributed by atoms with Crippen LogP contribution in [0.2, 0.25) is 0 Å². The van der Waals surface area contributed by atoms with E-state index < -0.39 is 0 Å². The van der Waals surface area contributed by atoms with Crippen molar-refractivity contribution in [2.75, 3.05) is 0 Å². The summed E-state index contributed by atoms with van der Waals surface area (Å²) in [6.45, 7) is 8.24. The highest BCUT2D eigenvalue weighted by atomic mass is 16.3. The zero-order valence-electron chi connectivity index (χ0n) is 13.9. The van der Waals surface area contributed by atoms with Crippen LogP contribution in [0.1, 0.15) is 69.9 Å². The van der Waals surface area contributed by atoms with Crippen molar-refractivity contribution in [3.63, 3.8) is 0 Å². The Kier molecular flexibility index (Phi) is 5.70. The van der Waals surface area contributed by atoms with Crippen LogP contribution in [-0.2, 0) is 6.42 Å². The first-order valence-electron chi connectivity index (χ1n) is 8.47. The van der Waals surface area contributed by atoms with Gasteiger partial charge in [0, 0.05) is 0 Å². The highest BCUT2D eigenvalue weighted by Gasteiger charge is 2.21. The summed E-state index contributed by atoms with van der Waals surface area (Å²) in [5.41, 5.74) is 4.96. The average Bonchev–Trinajstić information content (AvgIpc) is 2.47. The van der Waals surface area contributed by atoms with E-state index in [0.717, 1.165) is 55.2 Å². The molecular formula is C20H28O2. The molecule has 2 nitrogen and oxygen atoms in total. The van der Waals surface area contributed by atoms with E-state index in [1.165, 1.54) is 18.4 Å². The number of rotatable bonds is 6. The lowest BCUT2D eigenvalue weighted by molar-refractivity contribution is 0.445. The van der Waals surface area contributed by atoms with Gasteiger partial charge in [0.15, 0.2) is 0 Å². The van der Waals surface area contributed by atoms with Crippen molar-refractivity contribution in [1.29, 1.82) is 0 Å². The molecule has 0 heterocycles. The number of hydrogen-bond donors (Lipinski definition) is 2. The maximum absolute atomic E-state index is 10.5. The first-order chi connectivity index (χ1) is 10.5. The molecule has 0 aromatic heterocycles. The van der Waals surface area contributed by atoms with Crippen LogP contribution >= 0.6 is 0 Å². The van der Waals surface area contributed by atoms with E-state index >= 15 is 0 Å². The molecule has 1 aromatic rings. The fourth-order valence-electron chi connectivity index (χ4n) is 3.35. The predicted octanol–water partition coefficient (Wildman–Crippen LogP) is 5.73. The van der Waals surface area contributed by atoms with Crippen LogP contribution < -0.4 is 0 Å². The minimum absolute atomic E-state index is 0.210. The van der Waals surface area contributed by atoms with Crippen LogP contribution in [0, 0.1) is 0 Å². The zero-order valence-corrected chi connectivity index (χ0v) is 13.9. The molecule has 0 unspecified atom stereocenters. The molecule has 1 aromatic carbocycles. The third-order valence-corrected chi connectivity index (χ3v) is 4.51. The Hall–Kier alpha value is -1.70. The summed E-state index contributed by atoms with van der Waals surface area (Å²) in [7, 11) is 0. The quantitative estimate of drug-likeness (QED) is 0.658. The molecule has 0 saturated heterocycles. The number of allylic oxidation sites excluding steroid dienone is 3. The second kappa shape index (κ2) is 7.53. The van der Waals surface area contributed by atoms with Gasteiger partial charge in [-0.15, -0.1) is 0 Å². The zero-order chi connectivity index (χ0) is 16.1. The summed E-state index contributed by atoms with van der Waals surface area (Å²) in [4.78, 5) is 0. The number of benzene rings is 1. The first-order valence-corrected chi connectivity index (χ1v) is 8.47. The van der Waals surface area contributed by atoms with E-state index in [-0.39, 0.29) is 11.5 Å². The number of aryl methyl sites for hydroxylation is 1. The number of unbranched alkanes of at least 4 members (excludes halogenated alkanes) is 2. The van der Waals surface area contributed by atoms with Crippen LogP contribution in [0.15, 0.2) is 29.9 Å². The maximum Gasteiger partial charge on any atom is 0.127 e. The van der Waals surface area contributed by atoms with Gasteiger partial charge in [0.25, 0.3) is 0 Å². The lowest BCUT2D eigenvalue weighted by Crippen LogP contribution is -2.01. The number of phenols is 2. The second-order valence-corrected chi connectivity index (χ2v) is 6.41. The summed E-state index contributed by atoms with van der Waals surface area (Å²) >= 11 is 0. The Balaban J connectivity index is 2.37. The summed E-state index contributed by atoms with van der Waals surface area (Å²) in [6.07, 6.45) is 8.49. The van der Waals surface area contributed by atoms with Crippen LogP contribution in [-0.4, -0.2) is 10.2 Å². The van der Waals surface area contributed by atoms with Gasteiger partial charge in [-0.1, -0.05) is 31.9 Å². The van der Waals surface area contributed by atoms with Crippen molar-refractivity contribution >= 4 is 5.57 Å². The smallest absolute Gasteiger partial charge is 0.127 e. The van der Waals surface area contributed by atoms with E-state index in [1.54, 1.807) is 0 Å². The van der Waals surface area contributed by atoms with Crippen molar-refractivity contribution < 1.29 is 10.2 Å². The molecule has 0 spiro atoms. The minimum Gasteiger partial charge on any atom is -0.507 e. The lowest BCUT2D eigenvalue weighted by atomic mass is 9.83. The van der Waals surface area contributed by atoms with E-state index in [0.29, 0.717) is 5.56 Å². The number of aromatic hydroxyl groups is 2. The molecule has 22 heavy (non-hydrogen) atoms. The highest BCUT2D eigenvalue weighted by molar-refractivity contribution is 5.80. The largest absolute Gasteiger partial charge is 0.507 e.